The molecule has 1 aromatic heterocycles. The zero-order valence-electron chi connectivity index (χ0n) is 17.8. The van der Waals surface area contributed by atoms with Crippen LogP contribution in [0.3, 0.4) is 0 Å². The standard InChI is InChI=1S/C21H34N6S/c1-6-16-10-8-11-17(7-2)19(16)24-20(22)23-13-9-12-18-25-26-21(28-5)27(18)14-15(3)4/h8,10-11,15H,6-7,9,12-14H2,1-5H3,(H3,22,23,24). The van der Waals surface area contributed by atoms with E-state index < -0.39 is 0 Å². The van der Waals surface area contributed by atoms with E-state index in [9.17, 15) is 0 Å². The lowest BCUT2D eigenvalue weighted by molar-refractivity contribution is 0.477. The first-order valence-electron chi connectivity index (χ1n) is 10.1. The van der Waals surface area contributed by atoms with Crippen LogP contribution in [-0.2, 0) is 25.8 Å². The summed E-state index contributed by atoms with van der Waals surface area (Å²) in [6.45, 7) is 10.3. The summed E-state index contributed by atoms with van der Waals surface area (Å²) >= 11 is 1.64. The third-order valence-electron chi connectivity index (χ3n) is 4.62. The molecule has 6 nitrogen and oxygen atoms in total. The first kappa shape index (κ1) is 22.3. The molecule has 0 fully saturated rings. The second-order valence-corrected chi connectivity index (χ2v) is 8.03. The van der Waals surface area contributed by atoms with Crippen molar-refractivity contribution in [1.29, 1.82) is 0 Å². The van der Waals surface area contributed by atoms with Crippen LogP contribution in [0, 0.1) is 5.92 Å². The molecule has 2 rings (SSSR count). The second kappa shape index (κ2) is 11.1. The zero-order chi connectivity index (χ0) is 20.5. The maximum Gasteiger partial charge on any atom is 0.193 e. The van der Waals surface area contributed by atoms with Gasteiger partial charge in [0.2, 0.25) is 0 Å². The molecule has 0 aliphatic carbocycles. The van der Waals surface area contributed by atoms with Gasteiger partial charge in [0.1, 0.15) is 5.82 Å². The minimum absolute atomic E-state index is 0.476. The third kappa shape index (κ3) is 5.99. The van der Waals surface area contributed by atoms with Crippen LogP contribution in [0.5, 0.6) is 0 Å². The Morgan fingerprint density at radius 1 is 1.21 bits per heavy atom. The van der Waals surface area contributed by atoms with E-state index in [0.717, 1.165) is 48.9 Å². The molecule has 3 N–H and O–H groups in total. The Labute approximate surface area is 173 Å². The van der Waals surface area contributed by atoms with Crippen LogP contribution in [0.4, 0.5) is 5.69 Å². The molecule has 0 bridgehead atoms. The summed E-state index contributed by atoms with van der Waals surface area (Å²) in [6, 6.07) is 6.38. The highest BCUT2D eigenvalue weighted by Crippen LogP contribution is 2.22. The lowest BCUT2D eigenvalue weighted by Gasteiger charge is -2.15. The van der Waals surface area contributed by atoms with E-state index in [1.807, 2.05) is 6.26 Å². The Kier molecular flexibility index (Phi) is 8.83. The maximum absolute atomic E-state index is 6.16. The van der Waals surface area contributed by atoms with Crippen LogP contribution in [-0.4, -0.2) is 33.5 Å². The molecule has 0 saturated carbocycles. The fourth-order valence-electron chi connectivity index (χ4n) is 3.21. The van der Waals surface area contributed by atoms with E-state index in [1.54, 1.807) is 11.8 Å². The monoisotopic (exact) mass is 402 g/mol. The van der Waals surface area contributed by atoms with E-state index in [2.05, 4.69) is 71.0 Å². The van der Waals surface area contributed by atoms with Crippen molar-refractivity contribution in [2.45, 2.75) is 65.1 Å². The Hall–Kier alpha value is -2.02. The highest BCUT2D eigenvalue weighted by atomic mass is 32.2. The Morgan fingerprint density at radius 3 is 2.46 bits per heavy atom. The minimum Gasteiger partial charge on any atom is -0.370 e. The number of benzene rings is 1. The van der Waals surface area contributed by atoms with Crippen LogP contribution in [0.2, 0.25) is 0 Å². The second-order valence-electron chi connectivity index (χ2n) is 7.26. The van der Waals surface area contributed by atoms with Gasteiger partial charge in [0.15, 0.2) is 11.1 Å². The molecule has 0 amide bonds. The number of nitrogens with one attached hydrogen (secondary N) is 1. The van der Waals surface area contributed by atoms with E-state index >= 15 is 0 Å². The van der Waals surface area contributed by atoms with Gasteiger partial charge in [0, 0.05) is 25.2 Å². The van der Waals surface area contributed by atoms with E-state index in [-0.39, 0.29) is 0 Å². The van der Waals surface area contributed by atoms with Crippen molar-refractivity contribution in [2.75, 3.05) is 18.1 Å². The lowest BCUT2D eigenvalue weighted by Crippen LogP contribution is -2.24. The normalized spacial score (nSPS) is 12.0. The number of para-hydroxylation sites is 1. The number of aryl methyl sites for hydroxylation is 3. The number of guanidine groups is 1. The van der Waals surface area contributed by atoms with Crippen LogP contribution < -0.4 is 11.1 Å². The van der Waals surface area contributed by atoms with Crippen molar-refractivity contribution in [1.82, 2.24) is 14.8 Å². The third-order valence-corrected chi connectivity index (χ3v) is 5.28. The molecule has 154 valence electrons. The molecule has 0 aliphatic heterocycles. The molecule has 0 saturated heterocycles. The molecule has 28 heavy (non-hydrogen) atoms. The van der Waals surface area contributed by atoms with Crippen LogP contribution >= 0.6 is 11.8 Å². The molecule has 0 spiro atoms. The molecule has 0 unspecified atom stereocenters. The molecule has 0 atom stereocenters. The first-order valence-corrected chi connectivity index (χ1v) is 11.4. The van der Waals surface area contributed by atoms with E-state index in [4.69, 9.17) is 5.73 Å². The first-order chi connectivity index (χ1) is 13.5. The molecular formula is C21H34N6S. The van der Waals surface area contributed by atoms with Gasteiger partial charge in [-0.2, -0.15) is 0 Å². The van der Waals surface area contributed by atoms with Crippen molar-refractivity contribution in [2.24, 2.45) is 16.6 Å². The predicted molar refractivity (Wildman–Crippen MR) is 120 cm³/mol. The molecule has 0 aliphatic rings. The van der Waals surface area contributed by atoms with Gasteiger partial charge in [-0.25, -0.2) is 0 Å². The molecule has 2 aromatic rings. The summed E-state index contributed by atoms with van der Waals surface area (Å²) in [4.78, 5) is 4.52. The number of hydrogen-bond donors (Lipinski definition) is 2. The van der Waals surface area contributed by atoms with Crippen molar-refractivity contribution in [3.8, 4) is 0 Å². The quantitative estimate of drug-likeness (QED) is 0.270. The predicted octanol–water partition coefficient (Wildman–Crippen LogP) is 4.14. The summed E-state index contributed by atoms with van der Waals surface area (Å²) in [5, 5.41) is 13.0. The number of nitrogens with zero attached hydrogens (tertiary/aromatic N) is 4. The number of hydrogen-bond acceptors (Lipinski definition) is 4. The van der Waals surface area contributed by atoms with Crippen LogP contribution in [0.1, 0.15) is 51.1 Å². The smallest absolute Gasteiger partial charge is 0.193 e. The molecule has 0 radical (unpaired) electrons. The van der Waals surface area contributed by atoms with Crippen molar-refractivity contribution >= 4 is 23.4 Å². The fraction of sp³-hybridized carbons (Fsp3) is 0.571. The van der Waals surface area contributed by atoms with Crippen molar-refractivity contribution in [3.63, 3.8) is 0 Å². The number of aromatic nitrogens is 3. The minimum atomic E-state index is 0.476. The van der Waals surface area contributed by atoms with Gasteiger partial charge in [0.25, 0.3) is 0 Å². The summed E-state index contributed by atoms with van der Waals surface area (Å²) < 4.78 is 2.23. The Balaban J connectivity index is 1.96. The van der Waals surface area contributed by atoms with Gasteiger partial charge in [-0.1, -0.05) is 57.7 Å². The molecular weight excluding hydrogens is 368 g/mol. The summed E-state index contributed by atoms with van der Waals surface area (Å²) in [5.74, 6) is 2.07. The topological polar surface area (TPSA) is 81.1 Å². The lowest BCUT2D eigenvalue weighted by atomic mass is 10.0. The maximum atomic E-state index is 6.16. The fourth-order valence-corrected chi connectivity index (χ4v) is 3.73. The van der Waals surface area contributed by atoms with Gasteiger partial charge in [0.05, 0.1) is 0 Å². The number of thioether (sulfide) groups is 1. The van der Waals surface area contributed by atoms with Gasteiger partial charge in [-0.05, 0) is 42.6 Å². The highest BCUT2D eigenvalue weighted by molar-refractivity contribution is 7.98. The summed E-state index contributed by atoms with van der Waals surface area (Å²) in [6.07, 6.45) is 5.71. The van der Waals surface area contributed by atoms with Crippen LogP contribution in [0.25, 0.3) is 0 Å². The largest absolute Gasteiger partial charge is 0.370 e. The highest BCUT2D eigenvalue weighted by Gasteiger charge is 2.12. The molecule has 1 heterocycles. The number of rotatable bonds is 10. The van der Waals surface area contributed by atoms with Gasteiger partial charge in [-0.15, -0.1) is 10.2 Å². The Bertz CT molecular complexity index is 759. The summed E-state index contributed by atoms with van der Waals surface area (Å²) in [7, 11) is 0. The van der Waals surface area contributed by atoms with Crippen molar-refractivity contribution in [3.05, 3.63) is 35.2 Å². The number of nitrogens with two attached hydrogens (primary N) is 1. The van der Waals surface area contributed by atoms with E-state index in [0.29, 0.717) is 18.4 Å². The van der Waals surface area contributed by atoms with Crippen molar-refractivity contribution < 1.29 is 0 Å². The number of anilines is 1. The van der Waals surface area contributed by atoms with E-state index in [1.165, 1.54) is 11.1 Å². The molecule has 7 heteroatoms. The number of aliphatic imine (C=N–C) groups is 1. The average molecular weight is 403 g/mol. The zero-order valence-corrected chi connectivity index (χ0v) is 18.6. The van der Waals surface area contributed by atoms with Gasteiger partial charge >= 0.3 is 0 Å². The average Bonchev–Trinajstić information content (AvgIpc) is 3.06. The van der Waals surface area contributed by atoms with Gasteiger partial charge in [-0.3, -0.25) is 4.99 Å². The van der Waals surface area contributed by atoms with Crippen LogP contribution in [0.15, 0.2) is 28.3 Å². The molecule has 1 aromatic carbocycles. The van der Waals surface area contributed by atoms with Gasteiger partial charge < -0.3 is 15.6 Å². The Morgan fingerprint density at radius 2 is 1.89 bits per heavy atom. The summed E-state index contributed by atoms with van der Waals surface area (Å²) in [5.41, 5.74) is 9.80. The SMILES string of the molecule is CCc1cccc(CC)c1NC(N)=NCCCc1nnc(SC)n1CC(C)C.